The van der Waals surface area contributed by atoms with Gasteiger partial charge < -0.3 is 4.74 Å². The molecule has 7 heteroatoms. The summed E-state index contributed by atoms with van der Waals surface area (Å²) in [4.78, 5) is 27.6. The number of rotatable bonds is 5. The van der Waals surface area contributed by atoms with Gasteiger partial charge in [0, 0.05) is 11.6 Å². The minimum absolute atomic E-state index is 0.0244. The lowest BCUT2D eigenvalue weighted by Crippen LogP contribution is -2.31. The molecule has 0 atom stereocenters. The third-order valence-corrected chi connectivity index (χ3v) is 6.73. The summed E-state index contributed by atoms with van der Waals surface area (Å²) in [7, 11) is -3.86. The largest absolute Gasteiger partial charge is 0.490 e. The van der Waals surface area contributed by atoms with Crippen LogP contribution in [0.15, 0.2) is 76.2 Å². The van der Waals surface area contributed by atoms with Crippen LogP contribution in [0, 0.1) is 5.41 Å². The van der Waals surface area contributed by atoms with E-state index in [0.29, 0.717) is 6.61 Å². The fraction of sp³-hybridized carbons (Fsp3) is 0.333. The molecule has 34 heavy (non-hydrogen) atoms. The predicted molar refractivity (Wildman–Crippen MR) is 135 cm³/mol. The first-order valence-electron chi connectivity index (χ1n) is 11.4. The first kappa shape index (κ1) is 27.1. The standard InChI is InChI=1S/C25H27NO5S.C2H6/c1-6-20(31-7-2)24(28)17-12-13-22-19(16-17)26(23(27)14-15-25(3,4)5)18-10-8-9-11-21(18)32(22,29)30;1-2/h6,8-16H,7H2,1-5H3;1-2H3/b15-14-,20-6-;. The van der Waals surface area contributed by atoms with Gasteiger partial charge in [0.25, 0.3) is 5.91 Å². The number of benzene rings is 2. The van der Waals surface area contributed by atoms with Crippen LogP contribution >= 0.6 is 0 Å². The number of anilines is 2. The van der Waals surface area contributed by atoms with E-state index in [1.165, 1.54) is 35.2 Å². The number of ether oxygens (including phenoxy) is 1. The highest BCUT2D eigenvalue weighted by Gasteiger charge is 2.37. The highest BCUT2D eigenvalue weighted by molar-refractivity contribution is 7.92. The van der Waals surface area contributed by atoms with Crippen molar-refractivity contribution in [1.82, 2.24) is 0 Å². The number of sulfone groups is 1. The van der Waals surface area contributed by atoms with E-state index in [-0.39, 0.29) is 43.7 Å². The van der Waals surface area contributed by atoms with Crippen molar-refractivity contribution in [1.29, 1.82) is 0 Å². The lowest BCUT2D eigenvalue weighted by molar-refractivity contribution is -0.113. The van der Waals surface area contributed by atoms with Gasteiger partial charge in [-0.3, -0.25) is 14.5 Å². The molecule has 2 aromatic carbocycles. The maximum Gasteiger partial charge on any atom is 0.255 e. The molecule has 0 spiro atoms. The number of hydrogen-bond donors (Lipinski definition) is 0. The lowest BCUT2D eigenvalue weighted by atomic mass is 9.96. The molecular formula is C27H33NO5S. The van der Waals surface area contributed by atoms with Crippen LogP contribution in [0.5, 0.6) is 0 Å². The number of amides is 1. The first-order valence-corrected chi connectivity index (χ1v) is 12.8. The molecule has 1 aliphatic heterocycles. The summed E-state index contributed by atoms with van der Waals surface area (Å²) >= 11 is 0. The van der Waals surface area contributed by atoms with Gasteiger partial charge in [-0.25, -0.2) is 8.42 Å². The molecule has 0 aliphatic carbocycles. The Balaban J connectivity index is 0.00000199. The fourth-order valence-electron chi connectivity index (χ4n) is 3.39. The second kappa shape index (κ2) is 10.8. The molecule has 0 saturated carbocycles. The van der Waals surface area contributed by atoms with E-state index in [1.807, 2.05) is 34.6 Å². The predicted octanol–water partition coefficient (Wildman–Crippen LogP) is 6.25. The molecule has 0 saturated heterocycles. The van der Waals surface area contributed by atoms with Crippen LogP contribution in [-0.2, 0) is 19.4 Å². The number of para-hydroxylation sites is 1. The molecule has 6 nitrogen and oxygen atoms in total. The Morgan fingerprint density at radius 1 is 1.00 bits per heavy atom. The van der Waals surface area contributed by atoms with E-state index in [1.54, 1.807) is 44.2 Å². The lowest BCUT2D eigenvalue weighted by Gasteiger charge is -2.31. The number of fused-ring (bicyclic) bond motifs is 2. The third-order valence-electron chi connectivity index (χ3n) is 4.88. The molecule has 2 aromatic rings. The zero-order chi connectivity index (χ0) is 25.7. The van der Waals surface area contributed by atoms with Gasteiger partial charge in [0.1, 0.15) is 0 Å². The summed E-state index contributed by atoms with van der Waals surface area (Å²) in [6, 6.07) is 10.6. The molecule has 0 aromatic heterocycles. The fourth-order valence-corrected chi connectivity index (χ4v) is 4.99. The molecule has 0 fully saturated rings. The van der Waals surface area contributed by atoms with E-state index in [2.05, 4.69) is 0 Å². The smallest absolute Gasteiger partial charge is 0.255 e. The van der Waals surface area contributed by atoms with Crippen molar-refractivity contribution in [3.8, 4) is 0 Å². The average molecular weight is 484 g/mol. The summed E-state index contributed by atoms with van der Waals surface area (Å²) < 4.78 is 32.0. The number of allylic oxidation sites excluding steroid dienone is 3. The van der Waals surface area contributed by atoms with Crippen molar-refractivity contribution >= 4 is 32.9 Å². The van der Waals surface area contributed by atoms with Crippen molar-refractivity contribution in [2.45, 2.75) is 58.3 Å². The van der Waals surface area contributed by atoms with E-state index in [0.717, 1.165) is 0 Å². The SMILES string of the molecule is C/C=C(\OCC)C(=O)c1ccc2c(c1)N(C(=O)/C=C\C(C)(C)C)c1ccccc1S2(=O)=O.CC. The Kier molecular flexibility index (Phi) is 8.61. The van der Waals surface area contributed by atoms with Gasteiger partial charge in [-0.05, 0) is 55.7 Å². The monoisotopic (exact) mass is 483 g/mol. The normalized spacial score (nSPS) is 14.6. The molecule has 0 unspecified atom stereocenters. The summed E-state index contributed by atoms with van der Waals surface area (Å²) in [5, 5.41) is 0. The quantitative estimate of drug-likeness (QED) is 0.285. The van der Waals surface area contributed by atoms with Crippen LogP contribution in [0.2, 0.25) is 0 Å². The van der Waals surface area contributed by atoms with Crippen molar-refractivity contribution in [3.63, 3.8) is 0 Å². The molecule has 1 aliphatic rings. The van der Waals surface area contributed by atoms with Crippen LogP contribution in [0.3, 0.4) is 0 Å². The highest BCUT2D eigenvalue weighted by Crippen LogP contribution is 2.44. The summed E-state index contributed by atoms with van der Waals surface area (Å²) in [5.41, 5.74) is 0.391. The van der Waals surface area contributed by atoms with Crippen LogP contribution in [0.4, 0.5) is 11.4 Å². The molecule has 1 amide bonds. The van der Waals surface area contributed by atoms with E-state index in [4.69, 9.17) is 4.74 Å². The van der Waals surface area contributed by atoms with E-state index < -0.39 is 15.7 Å². The molecule has 3 rings (SSSR count). The average Bonchev–Trinajstić information content (AvgIpc) is 2.81. The Morgan fingerprint density at radius 3 is 2.21 bits per heavy atom. The Morgan fingerprint density at radius 2 is 1.62 bits per heavy atom. The topological polar surface area (TPSA) is 80.8 Å². The minimum atomic E-state index is -3.86. The Bertz CT molecular complexity index is 1230. The number of Topliss-reactive ketones (excluding diaryl/α,β-unsaturated/α-hetero) is 1. The van der Waals surface area contributed by atoms with Crippen LogP contribution < -0.4 is 4.90 Å². The number of carbonyl (C=O) groups is 2. The second-order valence-electron chi connectivity index (χ2n) is 8.44. The summed E-state index contributed by atoms with van der Waals surface area (Å²) in [6.07, 6.45) is 4.76. The van der Waals surface area contributed by atoms with Gasteiger partial charge in [0.05, 0.1) is 27.8 Å². The Labute approximate surface area is 202 Å². The maximum absolute atomic E-state index is 13.3. The molecule has 0 radical (unpaired) electrons. The van der Waals surface area contributed by atoms with E-state index >= 15 is 0 Å². The zero-order valence-electron chi connectivity index (χ0n) is 20.9. The van der Waals surface area contributed by atoms with Crippen LogP contribution in [0.25, 0.3) is 0 Å². The van der Waals surface area contributed by atoms with Crippen molar-refractivity contribution in [3.05, 3.63) is 72.0 Å². The van der Waals surface area contributed by atoms with Crippen LogP contribution in [0.1, 0.15) is 58.8 Å². The van der Waals surface area contributed by atoms with Gasteiger partial charge in [-0.15, -0.1) is 0 Å². The summed E-state index contributed by atoms with van der Waals surface area (Å²) in [6.45, 7) is 13.7. The van der Waals surface area contributed by atoms with E-state index in [9.17, 15) is 18.0 Å². The van der Waals surface area contributed by atoms with Gasteiger partial charge in [0.15, 0.2) is 5.76 Å². The number of hydrogen-bond acceptors (Lipinski definition) is 5. The second-order valence-corrected chi connectivity index (χ2v) is 10.3. The maximum atomic E-state index is 13.3. The van der Waals surface area contributed by atoms with Crippen LogP contribution in [-0.4, -0.2) is 26.7 Å². The van der Waals surface area contributed by atoms with Gasteiger partial charge >= 0.3 is 0 Å². The van der Waals surface area contributed by atoms with Gasteiger partial charge in [-0.1, -0.05) is 52.8 Å². The number of ketones is 1. The molecule has 0 bridgehead atoms. The number of carbonyl (C=O) groups excluding carboxylic acids is 2. The van der Waals surface area contributed by atoms with Gasteiger partial charge in [0.2, 0.25) is 15.6 Å². The minimum Gasteiger partial charge on any atom is -0.490 e. The van der Waals surface area contributed by atoms with Gasteiger partial charge in [-0.2, -0.15) is 0 Å². The molecule has 1 heterocycles. The van der Waals surface area contributed by atoms with Crippen molar-refractivity contribution in [2.75, 3.05) is 11.5 Å². The first-order chi connectivity index (χ1) is 16.0. The van der Waals surface area contributed by atoms with Crippen molar-refractivity contribution < 1.29 is 22.7 Å². The zero-order valence-corrected chi connectivity index (χ0v) is 21.7. The molecule has 182 valence electrons. The third kappa shape index (κ3) is 5.47. The molecule has 0 N–H and O–H groups in total. The van der Waals surface area contributed by atoms with Crippen molar-refractivity contribution in [2.24, 2.45) is 5.41 Å². The number of nitrogens with zero attached hydrogens (tertiary/aromatic N) is 1. The molecular weight excluding hydrogens is 450 g/mol. The Hall–Kier alpha value is -3.19. The summed E-state index contributed by atoms with van der Waals surface area (Å²) in [5.74, 6) is -0.618. The highest BCUT2D eigenvalue weighted by atomic mass is 32.2.